The minimum Gasteiger partial charge on any atom is -0.458 e. The Hall–Kier alpha value is -2.58. The first-order valence-electron chi connectivity index (χ1n) is 14.5. The smallest absolute Gasteiger partial charge is 0.323 e. The Morgan fingerprint density at radius 1 is 1.23 bits per heavy atom. The molecule has 5 N–H and O–H groups in total. The average Bonchev–Trinajstić information content (AvgIpc) is 3.11. The van der Waals surface area contributed by atoms with E-state index in [2.05, 4.69) is 0 Å². The summed E-state index contributed by atoms with van der Waals surface area (Å²) in [4.78, 5) is 26.7. The predicted molar refractivity (Wildman–Crippen MR) is 155 cm³/mol. The summed E-state index contributed by atoms with van der Waals surface area (Å²) in [5, 5.41) is 34.8. The van der Waals surface area contributed by atoms with Crippen molar-refractivity contribution in [1.29, 1.82) is 0 Å². The van der Waals surface area contributed by atoms with Crippen molar-refractivity contribution in [3.05, 3.63) is 65.3 Å². The number of benzene rings is 1. The molecule has 1 aromatic rings. The van der Waals surface area contributed by atoms with Crippen LogP contribution < -0.4 is 5.73 Å². The molecule has 218 valence electrons. The number of carbonyl (C=O) groups excluding carboxylic acids is 2. The molecule has 0 aromatic heterocycles. The number of esters is 1. The van der Waals surface area contributed by atoms with E-state index in [1.165, 1.54) is 0 Å². The van der Waals surface area contributed by atoms with Gasteiger partial charge < -0.3 is 25.8 Å². The maximum atomic E-state index is 13.4. The zero-order valence-electron chi connectivity index (χ0n) is 24.4. The van der Waals surface area contributed by atoms with Gasteiger partial charge in [0.1, 0.15) is 17.2 Å². The minimum absolute atomic E-state index is 0.0561. The van der Waals surface area contributed by atoms with E-state index in [4.69, 9.17) is 10.5 Å². The van der Waals surface area contributed by atoms with E-state index in [9.17, 15) is 24.9 Å². The molecule has 0 unspecified atom stereocenters. The van der Waals surface area contributed by atoms with Crippen LogP contribution in [-0.2, 0) is 14.3 Å². The van der Waals surface area contributed by atoms with Gasteiger partial charge in [0, 0.05) is 23.7 Å². The highest BCUT2D eigenvalue weighted by Crippen LogP contribution is 2.65. The fourth-order valence-electron chi connectivity index (χ4n) is 8.24. The molecule has 3 aliphatic rings. The highest BCUT2D eigenvalue weighted by atomic mass is 16.6. The van der Waals surface area contributed by atoms with Gasteiger partial charge in [-0.2, -0.15) is 0 Å². The van der Waals surface area contributed by atoms with Crippen LogP contribution in [0.1, 0.15) is 72.3 Å². The molecule has 8 atom stereocenters. The quantitative estimate of drug-likeness (QED) is 0.283. The van der Waals surface area contributed by atoms with Crippen molar-refractivity contribution >= 4 is 17.8 Å². The number of ketones is 1. The van der Waals surface area contributed by atoms with Gasteiger partial charge in [0.2, 0.25) is 0 Å². The van der Waals surface area contributed by atoms with Crippen LogP contribution in [0.25, 0.3) is 6.08 Å². The zero-order chi connectivity index (χ0) is 29.5. The Labute approximate surface area is 237 Å². The lowest BCUT2D eigenvalue weighted by atomic mass is 9.45. The van der Waals surface area contributed by atoms with Gasteiger partial charge in [-0.15, -0.1) is 0 Å². The molecule has 40 heavy (non-hydrogen) atoms. The summed E-state index contributed by atoms with van der Waals surface area (Å²) in [5.74, 6) is -2.60. The number of aliphatic hydroxyl groups excluding tert-OH is 1. The van der Waals surface area contributed by atoms with Crippen LogP contribution in [0.5, 0.6) is 0 Å². The topological polar surface area (TPSA) is 130 Å². The van der Waals surface area contributed by atoms with Crippen molar-refractivity contribution in [2.24, 2.45) is 28.9 Å². The molecule has 4 rings (SSSR count). The molecular weight excluding hydrogens is 506 g/mol. The Kier molecular flexibility index (Phi) is 8.36. The first-order valence-corrected chi connectivity index (χ1v) is 14.5. The predicted octanol–water partition coefficient (Wildman–Crippen LogP) is 4.11. The van der Waals surface area contributed by atoms with Crippen LogP contribution in [0.3, 0.4) is 0 Å². The molecule has 0 spiro atoms. The van der Waals surface area contributed by atoms with Crippen LogP contribution in [0.4, 0.5) is 0 Å². The second kappa shape index (κ2) is 11.0. The summed E-state index contributed by atoms with van der Waals surface area (Å²) in [7, 11) is 0. The second-order valence-corrected chi connectivity index (χ2v) is 12.4. The Morgan fingerprint density at radius 2 is 1.90 bits per heavy atom. The number of nitrogens with two attached hydrogens (primary N) is 1. The van der Waals surface area contributed by atoms with E-state index in [1.54, 1.807) is 13.0 Å². The van der Waals surface area contributed by atoms with Gasteiger partial charge in [-0.05, 0) is 55.2 Å². The Morgan fingerprint density at radius 3 is 2.50 bits per heavy atom. The molecule has 0 bridgehead atoms. The van der Waals surface area contributed by atoms with Gasteiger partial charge in [0.05, 0.1) is 12.2 Å². The first-order chi connectivity index (χ1) is 18.8. The van der Waals surface area contributed by atoms with Crippen molar-refractivity contribution in [2.45, 2.75) is 89.6 Å². The summed E-state index contributed by atoms with van der Waals surface area (Å²) >= 11 is 0. The van der Waals surface area contributed by atoms with Crippen LogP contribution >= 0.6 is 0 Å². The molecule has 0 amide bonds. The van der Waals surface area contributed by atoms with Crippen molar-refractivity contribution in [3.8, 4) is 0 Å². The molecular formula is C33H45NO6. The van der Waals surface area contributed by atoms with E-state index in [1.807, 2.05) is 76.3 Å². The minimum atomic E-state index is -1.84. The van der Waals surface area contributed by atoms with E-state index in [0.29, 0.717) is 36.8 Å². The maximum Gasteiger partial charge on any atom is 0.323 e. The van der Waals surface area contributed by atoms with Crippen molar-refractivity contribution < 1.29 is 29.6 Å². The molecule has 1 aromatic carbocycles. The van der Waals surface area contributed by atoms with Crippen LogP contribution in [-0.4, -0.2) is 56.5 Å². The summed E-state index contributed by atoms with van der Waals surface area (Å²) in [6.45, 7) is 9.10. The molecule has 7 nitrogen and oxygen atoms in total. The van der Waals surface area contributed by atoms with Crippen molar-refractivity contribution in [1.82, 2.24) is 0 Å². The lowest BCUT2D eigenvalue weighted by molar-refractivity contribution is -0.257. The Bertz CT molecular complexity index is 1220. The van der Waals surface area contributed by atoms with Gasteiger partial charge in [-0.25, -0.2) is 0 Å². The van der Waals surface area contributed by atoms with Gasteiger partial charge in [0.25, 0.3) is 0 Å². The molecule has 0 aliphatic heterocycles. The van der Waals surface area contributed by atoms with Gasteiger partial charge in [-0.3, -0.25) is 9.59 Å². The van der Waals surface area contributed by atoms with E-state index in [-0.39, 0.29) is 18.9 Å². The number of fused-ring (bicyclic) bond motifs is 3. The summed E-state index contributed by atoms with van der Waals surface area (Å²) in [6.07, 6.45) is 9.03. The molecule has 1 fully saturated rings. The molecule has 0 heterocycles. The third-order valence-corrected chi connectivity index (χ3v) is 10.1. The standard InChI is InChI=1S/C33H45NO6/c1-6-26-30(5)18-24(20-35)19-32(38)27(16-21(3)28(32)36)33(30,39)22(4)17-31(26,7-2)40-29(37)25(34)15-11-14-23-12-9-8-10-13-23/h8-14,16,18,22,25-27,35,38-39H,6-7,15,17,19-20,34H2,1-5H3/b14-11+/t22-,25+,26+,27-,30+,31+,32-,33+/m1/s1. The van der Waals surface area contributed by atoms with E-state index < -0.39 is 51.8 Å². The van der Waals surface area contributed by atoms with Crippen LogP contribution in [0.15, 0.2) is 59.7 Å². The second-order valence-electron chi connectivity index (χ2n) is 12.4. The van der Waals surface area contributed by atoms with Crippen LogP contribution in [0, 0.1) is 23.2 Å². The number of hydrogen-bond acceptors (Lipinski definition) is 7. The average molecular weight is 552 g/mol. The first kappa shape index (κ1) is 30.4. The molecule has 3 aliphatic carbocycles. The summed E-state index contributed by atoms with van der Waals surface area (Å²) < 4.78 is 6.37. The summed E-state index contributed by atoms with van der Waals surface area (Å²) in [5.41, 5.74) is 2.90. The molecule has 0 radical (unpaired) electrons. The highest BCUT2D eigenvalue weighted by molar-refractivity contribution is 6.04. The van der Waals surface area contributed by atoms with Crippen molar-refractivity contribution in [2.75, 3.05) is 6.61 Å². The van der Waals surface area contributed by atoms with Crippen LogP contribution in [0.2, 0.25) is 0 Å². The highest BCUT2D eigenvalue weighted by Gasteiger charge is 2.72. The van der Waals surface area contributed by atoms with Gasteiger partial charge >= 0.3 is 5.97 Å². The lowest BCUT2D eigenvalue weighted by Crippen LogP contribution is -2.71. The van der Waals surface area contributed by atoms with E-state index in [0.717, 1.165) is 5.56 Å². The monoisotopic (exact) mass is 551 g/mol. The number of Topliss-reactive ketones (excluding diaryl/α,β-unsaturated/α-hetero) is 1. The molecule has 1 saturated carbocycles. The normalized spacial score (nSPS) is 38.2. The van der Waals surface area contributed by atoms with Gasteiger partial charge in [0.15, 0.2) is 5.78 Å². The largest absolute Gasteiger partial charge is 0.458 e. The number of carbonyl (C=O) groups is 2. The number of ether oxygens (including phenoxy) is 1. The molecule has 0 saturated heterocycles. The third kappa shape index (κ3) is 4.61. The van der Waals surface area contributed by atoms with Crippen molar-refractivity contribution in [3.63, 3.8) is 0 Å². The maximum absolute atomic E-state index is 13.4. The lowest BCUT2D eigenvalue weighted by Gasteiger charge is -2.63. The fourth-order valence-corrected chi connectivity index (χ4v) is 8.24. The number of aliphatic hydroxyl groups is 3. The number of hydrogen-bond donors (Lipinski definition) is 4. The number of rotatable bonds is 8. The molecule has 7 heteroatoms. The zero-order valence-corrected chi connectivity index (χ0v) is 24.4. The SMILES string of the molecule is CC[C@@H]1[C@@](CC)(OC(=O)[C@@H](N)C/C=C/c2ccccc2)C[C@@H](C)[C@]2(O)[C@@H]3C=C(C)C(=O)[C@@]3(O)CC(CO)=C[C@@]12C. The fraction of sp³-hybridized carbons (Fsp3) is 0.576. The Balaban J connectivity index is 1.70. The summed E-state index contributed by atoms with van der Waals surface area (Å²) in [6, 6.07) is 8.92. The third-order valence-electron chi connectivity index (χ3n) is 10.1. The van der Waals surface area contributed by atoms with E-state index >= 15 is 0 Å². The van der Waals surface area contributed by atoms with Gasteiger partial charge in [-0.1, -0.05) is 82.3 Å².